The lowest BCUT2D eigenvalue weighted by molar-refractivity contribution is 0.826. The zero-order valence-corrected chi connectivity index (χ0v) is 12.9. The minimum Gasteiger partial charge on any atom is -0.370 e. The summed E-state index contributed by atoms with van der Waals surface area (Å²) >= 11 is 0. The molecule has 4 heteroatoms. The second kappa shape index (κ2) is 8.25. The molecular weight excluding hydrogens is 260 g/mol. The van der Waals surface area contributed by atoms with Gasteiger partial charge in [0.2, 0.25) is 5.95 Å². The third-order valence-electron chi connectivity index (χ3n) is 3.17. The number of unbranched alkanes of at least 4 members (excludes halogenated alkanes) is 1. The molecule has 0 bridgehead atoms. The van der Waals surface area contributed by atoms with Gasteiger partial charge in [-0.05, 0) is 12.8 Å². The summed E-state index contributed by atoms with van der Waals surface area (Å²) in [5.41, 5.74) is 2.06. The molecule has 0 aliphatic carbocycles. The van der Waals surface area contributed by atoms with E-state index in [9.17, 15) is 0 Å². The molecule has 1 heterocycles. The Labute approximate surface area is 127 Å². The van der Waals surface area contributed by atoms with Crippen LogP contribution in [0.1, 0.15) is 33.1 Å². The molecule has 0 amide bonds. The molecule has 112 valence electrons. The maximum absolute atomic E-state index is 4.62. The normalized spacial score (nSPS) is 10.4. The van der Waals surface area contributed by atoms with Crippen molar-refractivity contribution in [3.8, 4) is 11.3 Å². The predicted octanol–water partition coefficient (Wildman–Crippen LogP) is 4.18. The largest absolute Gasteiger partial charge is 0.370 e. The van der Waals surface area contributed by atoms with Crippen LogP contribution in [0, 0.1) is 0 Å². The van der Waals surface area contributed by atoms with Gasteiger partial charge in [0.15, 0.2) is 0 Å². The van der Waals surface area contributed by atoms with Gasteiger partial charge in [0.1, 0.15) is 5.82 Å². The van der Waals surface area contributed by atoms with Gasteiger partial charge >= 0.3 is 0 Å². The molecule has 0 spiro atoms. The molecule has 2 aromatic rings. The van der Waals surface area contributed by atoms with Gasteiger partial charge in [-0.15, -0.1) is 0 Å². The number of hydrogen-bond donors (Lipinski definition) is 2. The van der Waals surface area contributed by atoms with E-state index in [0.29, 0.717) is 5.95 Å². The van der Waals surface area contributed by atoms with Gasteiger partial charge in [-0.1, -0.05) is 50.6 Å². The fraction of sp³-hybridized carbons (Fsp3) is 0.412. The molecule has 0 aliphatic heterocycles. The molecule has 21 heavy (non-hydrogen) atoms. The third kappa shape index (κ3) is 4.74. The summed E-state index contributed by atoms with van der Waals surface area (Å²) in [6.07, 6.45) is 3.35. The quantitative estimate of drug-likeness (QED) is 0.714. The molecule has 0 fully saturated rings. The van der Waals surface area contributed by atoms with Crippen LogP contribution in [0.25, 0.3) is 11.3 Å². The van der Waals surface area contributed by atoms with Crippen LogP contribution in [0.4, 0.5) is 11.8 Å². The van der Waals surface area contributed by atoms with Crippen LogP contribution in [0.2, 0.25) is 0 Å². The number of nitrogens with one attached hydrogen (secondary N) is 2. The Kier molecular flexibility index (Phi) is 6.00. The van der Waals surface area contributed by atoms with Crippen LogP contribution < -0.4 is 10.6 Å². The highest BCUT2D eigenvalue weighted by molar-refractivity contribution is 5.64. The van der Waals surface area contributed by atoms with Crippen LogP contribution in [0.5, 0.6) is 0 Å². The number of nitrogens with zero attached hydrogens (tertiary/aromatic N) is 2. The molecule has 0 atom stereocenters. The van der Waals surface area contributed by atoms with Gasteiger partial charge in [-0.3, -0.25) is 0 Å². The van der Waals surface area contributed by atoms with Crippen LogP contribution in [-0.4, -0.2) is 23.1 Å². The van der Waals surface area contributed by atoms with Crippen molar-refractivity contribution in [3.63, 3.8) is 0 Å². The summed E-state index contributed by atoms with van der Waals surface area (Å²) in [6.45, 7) is 6.14. The Morgan fingerprint density at radius 3 is 2.43 bits per heavy atom. The highest BCUT2D eigenvalue weighted by atomic mass is 15.1. The zero-order chi connectivity index (χ0) is 14.9. The highest BCUT2D eigenvalue weighted by Gasteiger charge is 2.06. The second-order valence-corrected chi connectivity index (χ2v) is 5.04. The molecule has 4 nitrogen and oxygen atoms in total. The number of rotatable bonds is 8. The Bertz CT molecular complexity index is 540. The number of benzene rings is 1. The SMILES string of the molecule is CCCCNc1nc(NCCC)cc(-c2ccccc2)n1. The van der Waals surface area contributed by atoms with Crippen molar-refractivity contribution in [2.45, 2.75) is 33.1 Å². The average molecular weight is 284 g/mol. The van der Waals surface area contributed by atoms with E-state index in [2.05, 4.69) is 46.6 Å². The van der Waals surface area contributed by atoms with Crippen molar-refractivity contribution in [1.82, 2.24) is 9.97 Å². The Hall–Kier alpha value is -2.10. The lowest BCUT2D eigenvalue weighted by Gasteiger charge is -2.11. The number of aromatic nitrogens is 2. The fourth-order valence-corrected chi connectivity index (χ4v) is 2.00. The fourth-order valence-electron chi connectivity index (χ4n) is 2.00. The van der Waals surface area contributed by atoms with E-state index in [1.807, 2.05) is 24.3 Å². The number of hydrogen-bond acceptors (Lipinski definition) is 4. The molecule has 0 saturated carbocycles. The Morgan fingerprint density at radius 1 is 0.905 bits per heavy atom. The molecule has 1 aromatic carbocycles. The van der Waals surface area contributed by atoms with E-state index in [1.165, 1.54) is 0 Å². The van der Waals surface area contributed by atoms with Gasteiger partial charge in [-0.2, -0.15) is 4.98 Å². The third-order valence-corrected chi connectivity index (χ3v) is 3.17. The molecule has 0 saturated heterocycles. The van der Waals surface area contributed by atoms with Crippen LogP contribution in [-0.2, 0) is 0 Å². The van der Waals surface area contributed by atoms with E-state index in [0.717, 1.165) is 49.4 Å². The summed E-state index contributed by atoms with van der Waals surface area (Å²) in [7, 11) is 0. The summed E-state index contributed by atoms with van der Waals surface area (Å²) in [4.78, 5) is 9.16. The topological polar surface area (TPSA) is 49.8 Å². The van der Waals surface area contributed by atoms with Gasteiger partial charge < -0.3 is 10.6 Å². The first-order chi connectivity index (χ1) is 10.3. The maximum Gasteiger partial charge on any atom is 0.225 e. The van der Waals surface area contributed by atoms with Gasteiger partial charge in [0.25, 0.3) is 0 Å². The first-order valence-electron chi connectivity index (χ1n) is 7.75. The van der Waals surface area contributed by atoms with Gasteiger partial charge in [0, 0.05) is 24.7 Å². The monoisotopic (exact) mass is 284 g/mol. The van der Waals surface area contributed by atoms with Crippen LogP contribution in [0.15, 0.2) is 36.4 Å². The van der Waals surface area contributed by atoms with Crippen molar-refractivity contribution >= 4 is 11.8 Å². The van der Waals surface area contributed by atoms with Gasteiger partial charge in [-0.25, -0.2) is 4.98 Å². The zero-order valence-electron chi connectivity index (χ0n) is 12.9. The Balaban J connectivity index is 2.23. The van der Waals surface area contributed by atoms with Crippen molar-refractivity contribution in [1.29, 1.82) is 0 Å². The lowest BCUT2D eigenvalue weighted by atomic mass is 10.1. The van der Waals surface area contributed by atoms with E-state index in [1.54, 1.807) is 0 Å². The van der Waals surface area contributed by atoms with E-state index >= 15 is 0 Å². The molecule has 0 aliphatic rings. The molecule has 2 N–H and O–H groups in total. The summed E-state index contributed by atoms with van der Waals surface area (Å²) in [5.74, 6) is 1.58. The van der Waals surface area contributed by atoms with Gasteiger partial charge in [0.05, 0.1) is 5.69 Å². The molecule has 2 rings (SSSR count). The van der Waals surface area contributed by atoms with Crippen LogP contribution in [0.3, 0.4) is 0 Å². The molecule has 0 radical (unpaired) electrons. The first kappa shape index (κ1) is 15.3. The van der Waals surface area contributed by atoms with Crippen LogP contribution >= 0.6 is 0 Å². The second-order valence-electron chi connectivity index (χ2n) is 5.04. The molecule has 1 aromatic heterocycles. The first-order valence-corrected chi connectivity index (χ1v) is 7.75. The van der Waals surface area contributed by atoms with E-state index < -0.39 is 0 Å². The van der Waals surface area contributed by atoms with E-state index in [4.69, 9.17) is 0 Å². The maximum atomic E-state index is 4.62. The standard InChI is InChI=1S/C17H24N4/c1-3-5-12-19-17-20-15(14-9-7-6-8-10-14)13-16(21-17)18-11-4-2/h6-10,13H,3-5,11-12H2,1-2H3,(H2,18,19,20,21). The minimum atomic E-state index is 0.698. The number of anilines is 2. The predicted molar refractivity (Wildman–Crippen MR) is 89.6 cm³/mol. The summed E-state index contributed by atoms with van der Waals surface area (Å²) in [5, 5.41) is 6.65. The van der Waals surface area contributed by atoms with Crippen molar-refractivity contribution in [2.75, 3.05) is 23.7 Å². The molecule has 0 unspecified atom stereocenters. The molecular formula is C17H24N4. The van der Waals surface area contributed by atoms with Crippen molar-refractivity contribution in [2.24, 2.45) is 0 Å². The Morgan fingerprint density at radius 2 is 1.71 bits per heavy atom. The van der Waals surface area contributed by atoms with E-state index in [-0.39, 0.29) is 0 Å². The van der Waals surface area contributed by atoms with Crippen molar-refractivity contribution in [3.05, 3.63) is 36.4 Å². The van der Waals surface area contributed by atoms with Crippen molar-refractivity contribution < 1.29 is 0 Å². The highest BCUT2D eigenvalue weighted by Crippen LogP contribution is 2.21. The minimum absolute atomic E-state index is 0.698. The summed E-state index contributed by atoms with van der Waals surface area (Å²) < 4.78 is 0. The summed E-state index contributed by atoms with van der Waals surface area (Å²) in [6, 6.07) is 12.2. The average Bonchev–Trinajstić information content (AvgIpc) is 2.54. The lowest BCUT2D eigenvalue weighted by Crippen LogP contribution is -2.09. The smallest absolute Gasteiger partial charge is 0.225 e.